The summed E-state index contributed by atoms with van der Waals surface area (Å²) in [7, 11) is 7.36. The molecule has 2 aliphatic carbocycles. The Morgan fingerprint density at radius 3 is 2.39 bits per heavy atom. The lowest BCUT2D eigenvalue weighted by molar-refractivity contribution is -0.113. The van der Waals surface area contributed by atoms with Crippen LogP contribution in [-0.4, -0.2) is 67.2 Å². The number of allylic oxidation sites excluding steroid dienone is 3. The molecule has 0 fully saturated rings. The monoisotopic (exact) mass is 594 g/mol. The molecule has 0 unspecified atom stereocenters. The second kappa shape index (κ2) is 10.7. The highest BCUT2D eigenvalue weighted by Crippen LogP contribution is 2.58. The number of aromatic hydroxyl groups is 2. The van der Waals surface area contributed by atoms with Crippen LogP contribution in [0.5, 0.6) is 28.7 Å². The maximum Gasteiger partial charge on any atom is 0.220 e. The Bertz CT molecular complexity index is 1710. The van der Waals surface area contributed by atoms with Crippen LogP contribution in [0.15, 0.2) is 66.5 Å². The van der Waals surface area contributed by atoms with Gasteiger partial charge >= 0.3 is 0 Å². The molecular weight excluding hydrogens is 556 g/mol. The fourth-order valence-corrected chi connectivity index (χ4v) is 7.62. The summed E-state index contributed by atoms with van der Waals surface area (Å²) in [6.07, 6.45) is 8.63. The van der Waals surface area contributed by atoms with Crippen molar-refractivity contribution in [2.75, 3.05) is 41.4 Å². The van der Waals surface area contributed by atoms with Gasteiger partial charge in [0.05, 0.1) is 14.2 Å². The predicted molar refractivity (Wildman–Crippen MR) is 167 cm³/mol. The van der Waals surface area contributed by atoms with Crippen LogP contribution in [0.2, 0.25) is 0 Å². The van der Waals surface area contributed by atoms with Crippen molar-refractivity contribution in [3.8, 4) is 28.7 Å². The third kappa shape index (κ3) is 4.55. The van der Waals surface area contributed by atoms with Gasteiger partial charge in [-0.05, 0) is 110 Å². The second-order valence-corrected chi connectivity index (χ2v) is 12.5. The molecule has 7 rings (SSSR count). The summed E-state index contributed by atoms with van der Waals surface area (Å²) < 4.78 is 17.1. The molecule has 228 valence electrons. The number of carbonyl (C=O) groups excluding carboxylic acids is 1. The van der Waals surface area contributed by atoms with Gasteiger partial charge in [0.15, 0.2) is 28.8 Å². The van der Waals surface area contributed by atoms with Gasteiger partial charge in [-0.1, -0.05) is 18.2 Å². The number of benzene rings is 3. The summed E-state index contributed by atoms with van der Waals surface area (Å²) in [6, 6.07) is 13.8. The first-order chi connectivity index (χ1) is 21.2. The van der Waals surface area contributed by atoms with E-state index >= 15 is 0 Å². The van der Waals surface area contributed by atoms with Gasteiger partial charge in [0, 0.05) is 36.2 Å². The van der Waals surface area contributed by atoms with E-state index in [9.17, 15) is 15.0 Å². The van der Waals surface area contributed by atoms with E-state index in [2.05, 4.69) is 23.9 Å². The Balaban J connectivity index is 1.16. The summed E-state index contributed by atoms with van der Waals surface area (Å²) >= 11 is 0. The van der Waals surface area contributed by atoms with E-state index in [1.165, 1.54) is 11.1 Å². The molecule has 44 heavy (non-hydrogen) atoms. The molecular formula is C36H38N2O6. The SMILES string of the molecule is COc1cc2c(cc1O)[C@H](Cc1ccc(OC3=C[C@@]4(C=CC3=O)C[C@@H]3c5c(cc(OC)c(O)c54)CCN3C)cc1)N(C)CC2. The molecule has 0 radical (unpaired) electrons. The van der Waals surface area contributed by atoms with Gasteiger partial charge in [0.2, 0.25) is 5.78 Å². The standard InChI is InChI=1S/C36H38N2O6/c1-37-13-10-22-16-30(42-3)29(40)18-25(22)26(37)15-21-5-7-24(8-6-21)44-32-20-36(12-9-28(32)39)19-27-33-23(11-14-38(27)2)17-31(43-4)35(41)34(33)36/h5-9,12,16-18,20,26-27,40-41H,10-11,13-15,19H2,1-4H3/t26-,27+,36+/m0/s1. The molecule has 3 aromatic rings. The molecule has 2 aliphatic heterocycles. The zero-order valence-corrected chi connectivity index (χ0v) is 25.6. The van der Waals surface area contributed by atoms with Gasteiger partial charge in [-0.2, -0.15) is 0 Å². The topological polar surface area (TPSA) is 91.7 Å². The van der Waals surface area contributed by atoms with E-state index in [0.717, 1.165) is 54.6 Å². The second-order valence-electron chi connectivity index (χ2n) is 12.5. The number of likely N-dealkylation sites (N-methyl/N-ethyl adjacent to an activating group) is 2. The smallest absolute Gasteiger partial charge is 0.220 e. The summed E-state index contributed by atoms with van der Waals surface area (Å²) in [5.74, 6) is 1.87. The molecule has 8 heteroatoms. The quantitative estimate of drug-likeness (QED) is 0.405. The number of methoxy groups -OCH3 is 2. The summed E-state index contributed by atoms with van der Waals surface area (Å²) in [5.41, 5.74) is 5.88. The van der Waals surface area contributed by atoms with E-state index in [1.54, 1.807) is 20.3 Å². The number of nitrogens with zero attached hydrogens (tertiary/aromatic N) is 2. The molecule has 0 saturated heterocycles. The number of rotatable bonds is 6. The number of carbonyl (C=O) groups is 1. The van der Waals surface area contributed by atoms with E-state index in [-0.39, 0.29) is 35.1 Å². The molecule has 1 spiro atoms. The summed E-state index contributed by atoms with van der Waals surface area (Å²) in [4.78, 5) is 17.7. The fourth-order valence-electron chi connectivity index (χ4n) is 7.62. The van der Waals surface area contributed by atoms with Crippen molar-refractivity contribution < 1.29 is 29.2 Å². The number of fused-ring (bicyclic) bond motifs is 2. The Labute approximate surface area is 257 Å². The molecule has 0 aromatic heterocycles. The van der Waals surface area contributed by atoms with Crippen LogP contribution in [-0.2, 0) is 29.5 Å². The Kier molecular flexibility index (Phi) is 6.94. The number of phenolic OH excluding ortho intramolecular Hbond substituents is 2. The van der Waals surface area contributed by atoms with Crippen molar-refractivity contribution >= 4 is 5.78 Å². The molecule has 3 atom stereocenters. The normalized spacial score (nSPS) is 24.2. The molecule has 8 nitrogen and oxygen atoms in total. The fraction of sp³-hybridized carbons (Fsp3) is 0.361. The maximum atomic E-state index is 13.1. The van der Waals surface area contributed by atoms with Gasteiger partial charge in [-0.15, -0.1) is 0 Å². The van der Waals surface area contributed by atoms with Gasteiger partial charge in [0.1, 0.15) is 5.75 Å². The zero-order chi connectivity index (χ0) is 30.7. The Morgan fingerprint density at radius 2 is 1.64 bits per heavy atom. The van der Waals surface area contributed by atoms with Crippen LogP contribution in [0.1, 0.15) is 51.9 Å². The Hall–Kier alpha value is -4.27. The van der Waals surface area contributed by atoms with Crippen molar-refractivity contribution in [2.45, 2.75) is 43.2 Å². The third-order valence-corrected chi connectivity index (χ3v) is 10.0. The first-order valence-corrected chi connectivity index (χ1v) is 15.2. The largest absolute Gasteiger partial charge is 0.504 e. The van der Waals surface area contributed by atoms with Crippen LogP contribution in [0.25, 0.3) is 0 Å². The summed E-state index contributed by atoms with van der Waals surface area (Å²) in [5, 5.41) is 21.8. The highest BCUT2D eigenvalue weighted by Gasteiger charge is 2.49. The number of hydrogen-bond donors (Lipinski definition) is 2. The van der Waals surface area contributed by atoms with Gasteiger partial charge < -0.3 is 24.4 Å². The average molecular weight is 595 g/mol. The van der Waals surface area contributed by atoms with E-state index in [4.69, 9.17) is 14.2 Å². The number of ketones is 1. The highest BCUT2D eigenvalue weighted by molar-refractivity contribution is 6.04. The van der Waals surface area contributed by atoms with Crippen LogP contribution in [0, 0.1) is 0 Å². The first-order valence-electron chi connectivity index (χ1n) is 15.2. The minimum atomic E-state index is -0.678. The van der Waals surface area contributed by atoms with Gasteiger partial charge in [-0.25, -0.2) is 0 Å². The van der Waals surface area contributed by atoms with Crippen LogP contribution in [0.4, 0.5) is 0 Å². The van der Waals surface area contributed by atoms with E-state index < -0.39 is 5.41 Å². The Morgan fingerprint density at radius 1 is 0.932 bits per heavy atom. The minimum Gasteiger partial charge on any atom is -0.504 e. The van der Waals surface area contributed by atoms with Crippen LogP contribution < -0.4 is 14.2 Å². The van der Waals surface area contributed by atoms with Crippen molar-refractivity contribution in [3.05, 3.63) is 99.8 Å². The number of hydrogen-bond acceptors (Lipinski definition) is 8. The van der Waals surface area contributed by atoms with Crippen molar-refractivity contribution in [2.24, 2.45) is 0 Å². The van der Waals surface area contributed by atoms with Gasteiger partial charge in [0.25, 0.3) is 0 Å². The predicted octanol–water partition coefficient (Wildman–Crippen LogP) is 5.16. The molecule has 4 aliphatic rings. The minimum absolute atomic E-state index is 0.112. The molecule has 2 N–H and O–H groups in total. The lowest BCUT2D eigenvalue weighted by Crippen LogP contribution is -2.33. The van der Waals surface area contributed by atoms with Crippen molar-refractivity contribution in [1.82, 2.24) is 9.80 Å². The van der Waals surface area contributed by atoms with Crippen LogP contribution in [0.3, 0.4) is 0 Å². The average Bonchev–Trinajstić information content (AvgIpc) is 3.36. The maximum absolute atomic E-state index is 13.1. The molecule has 0 bridgehead atoms. The number of phenols is 2. The first kappa shape index (κ1) is 28.5. The lowest BCUT2D eigenvalue weighted by atomic mass is 9.77. The molecule has 0 saturated carbocycles. The van der Waals surface area contributed by atoms with Crippen molar-refractivity contribution in [1.29, 1.82) is 0 Å². The van der Waals surface area contributed by atoms with Crippen LogP contribution >= 0.6 is 0 Å². The molecule has 3 aromatic carbocycles. The number of ether oxygens (including phenoxy) is 3. The van der Waals surface area contributed by atoms with Gasteiger partial charge in [-0.3, -0.25) is 14.6 Å². The zero-order valence-electron chi connectivity index (χ0n) is 25.6. The highest BCUT2D eigenvalue weighted by atomic mass is 16.5. The molecule has 2 heterocycles. The third-order valence-electron chi connectivity index (χ3n) is 10.0. The van der Waals surface area contributed by atoms with Crippen molar-refractivity contribution in [3.63, 3.8) is 0 Å². The van der Waals surface area contributed by atoms with E-state index in [1.807, 2.05) is 54.6 Å². The van der Waals surface area contributed by atoms with E-state index in [0.29, 0.717) is 23.7 Å². The molecule has 0 amide bonds. The lowest BCUT2D eigenvalue weighted by Gasteiger charge is -2.35. The summed E-state index contributed by atoms with van der Waals surface area (Å²) in [6.45, 7) is 1.84.